The second kappa shape index (κ2) is 10.0. The van der Waals surface area contributed by atoms with Crippen molar-refractivity contribution in [1.29, 1.82) is 5.26 Å². The molecule has 0 spiro atoms. The molecule has 0 aliphatic rings. The zero-order valence-electron chi connectivity index (χ0n) is 17.2. The van der Waals surface area contributed by atoms with Crippen molar-refractivity contribution in [3.63, 3.8) is 0 Å². The van der Waals surface area contributed by atoms with Gasteiger partial charge in [-0.2, -0.15) is 5.26 Å². The van der Waals surface area contributed by atoms with Gasteiger partial charge in [-0.1, -0.05) is 18.2 Å². The van der Waals surface area contributed by atoms with Crippen molar-refractivity contribution in [1.82, 2.24) is 4.57 Å². The molecule has 0 saturated carbocycles. The zero-order chi connectivity index (χ0) is 21.5. The number of benzene rings is 1. The molecule has 0 atom stereocenters. The number of thiophene rings is 1. The molecule has 30 heavy (non-hydrogen) atoms. The first kappa shape index (κ1) is 21.5. The van der Waals surface area contributed by atoms with E-state index in [2.05, 4.69) is 22.1 Å². The Morgan fingerprint density at radius 3 is 2.57 bits per heavy atom. The van der Waals surface area contributed by atoms with E-state index in [1.807, 2.05) is 38.1 Å². The van der Waals surface area contributed by atoms with Crippen molar-refractivity contribution < 1.29 is 14.3 Å². The van der Waals surface area contributed by atoms with E-state index in [1.165, 1.54) is 4.88 Å². The molecule has 0 saturated heterocycles. The Kier molecular flexibility index (Phi) is 7.21. The molecule has 3 aromatic rings. The highest BCUT2D eigenvalue weighted by molar-refractivity contribution is 7.09. The quantitative estimate of drug-likeness (QED) is 0.373. The highest BCUT2D eigenvalue weighted by Gasteiger charge is 2.17. The first-order valence-electron chi connectivity index (χ1n) is 9.85. The lowest BCUT2D eigenvalue weighted by atomic mass is 10.1. The minimum absolute atomic E-state index is 0.183. The highest BCUT2D eigenvalue weighted by atomic mass is 32.1. The molecular formula is C24H24N2O3S. The number of esters is 1. The second-order valence-corrected chi connectivity index (χ2v) is 8.19. The van der Waals surface area contributed by atoms with Crippen LogP contribution in [-0.4, -0.2) is 22.9 Å². The van der Waals surface area contributed by atoms with E-state index in [9.17, 15) is 9.59 Å². The third kappa shape index (κ3) is 5.46. The van der Waals surface area contributed by atoms with Gasteiger partial charge in [0.15, 0.2) is 6.61 Å². The van der Waals surface area contributed by atoms with Crippen LogP contribution in [0.2, 0.25) is 0 Å². The molecule has 2 heterocycles. The Morgan fingerprint density at radius 1 is 1.13 bits per heavy atom. The molecule has 154 valence electrons. The summed E-state index contributed by atoms with van der Waals surface area (Å²) in [6, 6.07) is 15.2. The Bertz CT molecular complexity index is 1060. The van der Waals surface area contributed by atoms with Gasteiger partial charge in [-0.05, 0) is 61.9 Å². The van der Waals surface area contributed by atoms with Gasteiger partial charge in [0.25, 0.3) is 0 Å². The van der Waals surface area contributed by atoms with Gasteiger partial charge < -0.3 is 9.30 Å². The van der Waals surface area contributed by atoms with Gasteiger partial charge >= 0.3 is 5.97 Å². The van der Waals surface area contributed by atoms with Crippen molar-refractivity contribution in [3.05, 3.63) is 80.8 Å². The molecular weight excluding hydrogens is 396 g/mol. The lowest BCUT2D eigenvalue weighted by Crippen LogP contribution is -2.15. The number of nitriles is 1. The minimum atomic E-state index is -0.404. The van der Waals surface area contributed by atoms with Gasteiger partial charge in [-0.25, -0.2) is 0 Å². The third-order valence-corrected chi connectivity index (χ3v) is 6.04. The number of rotatable bonds is 9. The predicted octanol–water partition coefficient (Wildman–Crippen LogP) is 4.64. The average Bonchev–Trinajstić information content (AvgIpc) is 3.37. The molecule has 0 bridgehead atoms. The minimum Gasteiger partial charge on any atom is -0.457 e. The summed E-state index contributed by atoms with van der Waals surface area (Å²) in [5.41, 5.74) is 4.08. The van der Waals surface area contributed by atoms with E-state index < -0.39 is 5.97 Å². The number of aryl methyl sites for hydroxylation is 3. The lowest BCUT2D eigenvalue weighted by molar-refractivity contribution is -0.142. The van der Waals surface area contributed by atoms with Gasteiger partial charge in [0.1, 0.15) is 0 Å². The van der Waals surface area contributed by atoms with Gasteiger partial charge in [-0.15, -0.1) is 11.3 Å². The molecule has 0 radical (unpaired) electrons. The van der Waals surface area contributed by atoms with Crippen LogP contribution in [0.3, 0.4) is 0 Å². The summed E-state index contributed by atoms with van der Waals surface area (Å²) < 4.78 is 7.34. The van der Waals surface area contributed by atoms with Crippen LogP contribution in [0.4, 0.5) is 0 Å². The van der Waals surface area contributed by atoms with E-state index in [0.717, 1.165) is 29.9 Å². The molecule has 0 aliphatic heterocycles. The summed E-state index contributed by atoms with van der Waals surface area (Å²) in [4.78, 5) is 25.9. The summed E-state index contributed by atoms with van der Waals surface area (Å²) in [7, 11) is 0. The summed E-state index contributed by atoms with van der Waals surface area (Å²) >= 11 is 1.73. The molecule has 2 aromatic heterocycles. The van der Waals surface area contributed by atoms with Crippen LogP contribution in [-0.2, 0) is 28.9 Å². The molecule has 6 heteroatoms. The standard InChI is InChI=1S/C24H24N2O3S/c1-17-14-22(18(2)26(17)12-11-21-4-3-13-30-21)23(27)16-29-24(28)10-9-19-5-7-20(15-25)8-6-19/h3-8,13-14H,9-12,16H2,1-2H3. The first-order chi connectivity index (χ1) is 14.5. The zero-order valence-corrected chi connectivity index (χ0v) is 18.0. The number of carbonyl (C=O) groups is 2. The SMILES string of the molecule is Cc1cc(C(=O)COC(=O)CCc2ccc(C#N)cc2)c(C)n1CCc1cccs1. The maximum atomic E-state index is 12.6. The molecule has 3 rings (SSSR count). The van der Waals surface area contributed by atoms with Crippen molar-refractivity contribution in [2.24, 2.45) is 0 Å². The molecule has 0 aliphatic carbocycles. The molecule has 0 N–H and O–H groups in total. The Morgan fingerprint density at radius 2 is 1.90 bits per heavy atom. The van der Waals surface area contributed by atoms with Crippen LogP contribution in [0.25, 0.3) is 0 Å². The molecule has 0 fully saturated rings. The van der Waals surface area contributed by atoms with Crippen LogP contribution in [0.15, 0.2) is 47.8 Å². The number of aromatic nitrogens is 1. The van der Waals surface area contributed by atoms with Crippen LogP contribution in [0, 0.1) is 25.2 Å². The van der Waals surface area contributed by atoms with Crippen LogP contribution in [0.5, 0.6) is 0 Å². The topological polar surface area (TPSA) is 72.1 Å². The van der Waals surface area contributed by atoms with E-state index >= 15 is 0 Å². The third-order valence-electron chi connectivity index (χ3n) is 5.10. The summed E-state index contributed by atoms with van der Waals surface area (Å²) in [6.07, 6.45) is 1.63. The average molecular weight is 421 g/mol. The largest absolute Gasteiger partial charge is 0.457 e. The number of Topliss-reactive ketones (excluding diaryl/α,β-unsaturated/α-hetero) is 1. The smallest absolute Gasteiger partial charge is 0.306 e. The maximum Gasteiger partial charge on any atom is 0.306 e. The first-order valence-corrected chi connectivity index (χ1v) is 10.7. The van der Waals surface area contributed by atoms with E-state index in [1.54, 1.807) is 23.5 Å². The summed E-state index contributed by atoms with van der Waals surface area (Å²) in [6.45, 7) is 4.49. The predicted molar refractivity (Wildman–Crippen MR) is 117 cm³/mol. The normalized spacial score (nSPS) is 10.6. The Hall–Kier alpha value is -3.17. The number of hydrogen-bond acceptors (Lipinski definition) is 5. The summed E-state index contributed by atoms with van der Waals surface area (Å²) in [5, 5.41) is 10.9. The van der Waals surface area contributed by atoms with Crippen LogP contribution < -0.4 is 0 Å². The number of ether oxygens (including phenoxy) is 1. The highest BCUT2D eigenvalue weighted by Crippen LogP contribution is 2.18. The van der Waals surface area contributed by atoms with Crippen molar-refractivity contribution in [2.45, 2.75) is 39.7 Å². The van der Waals surface area contributed by atoms with Crippen LogP contribution in [0.1, 0.15) is 44.2 Å². The van der Waals surface area contributed by atoms with Crippen molar-refractivity contribution >= 4 is 23.1 Å². The lowest BCUT2D eigenvalue weighted by Gasteiger charge is -2.09. The van der Waals surface area contributed by atoms with E-state index in [4.69, 9.17) is 10.00 Å². The molecule has 0 unspecified atom stereocenters. The number of nitrogens with zero attached hydrogens (tertiary/aromatic N) is 2. The molecule has 0 amide bonds. The van der Waals surface area contributed by atoms with Crippen molar-refractivity contribution in [2.75, 3.05) is 6.61 Å². The number of carbonyl (C=O) groups excluding carboxylic acids is 2. The Balaban J connectivity index is 1.50. The fourth-order valence-corrected chi connectivity index (χ4v) is 4.09. The maximum absolute atomic E-state index is 12.6. The summed E-state index contributed by atoms with van der Waals surface area (Å²) in [5.74, 6) is -0.587. The fraction of sp³-hybridized carbons (Fsp3) is 0.292. The van der Waals surface area contributed by atoms with Gasteiger partial charge in [-0.3, -0.25) is 9.59 Å². The van der Waals surface area contributed by atoms with E-state index in [-0.39, 0.29) is 18.8 Å². The monoisotopic (exact) mass is 420 g/mol. The second-order valence-electron chi connectivity index (χ2n) is 7.16. The number of ketones is 1. The van der Waals surface area contributed by atoms with E-state index in [0.29, 0.717) is 17.5 Å². The van der Waals surface area contributed by atoms with Crippen molar-refractivity contribution in [3.8, 4) is 6.07 Å². The number of hydrogen-bond donors (Lipinski definition) is 0. The van der Waals surface area contributed by atoms with Crippen LogP contribution >= 0.6 is 11.3 Å². The fourth-order valence-electron chi connectivity index (χ4n) is 3.39. The van der Waals surface area contributed by atoms with Gasteiger partial charge in [0.05, 0.1) is 11.6 Å². The Labute approximate surface area is 180 Å². The van der Waals surface area contributed by atoms with Gasteiger partial charge in [0.2, 0.25) is 5.78 Å². The molecule has 5 nitrogen and oxygen atoms in total. The molecule has 1 aromatic carbocycles. The van der Waals surface area contributed by atoms with Gasteiger partial charge in [0, 0.05) is 34.8 Å².